The number of hydrogen-bond acceptors (Lipinski definition) is 6. The first-order valence-electron chi connectivity index (χ1n) is 9.15. The molecule has 1 atom stereocenters. The van der Waals surface area contributed by atoms with Crippen molar-refractivity contribution >= 4 is 11.7 Å². The van der Waals surface area contributed by atoms with Crippen LogP contribution in [0.25, 0.3) is 0 Å². The topological polar surface area (TPSA) is 71.5 Å². The van der Waals surface area contributed by atoms with Crippen LogP contribution in [-0.2, 0) is 4.74 Å². The molecule has 0 spiro atoms. The lowest BCUT2D eigenvalue weighted by molar-refractivity contribution is 0.0705. The molecule has 0 N–H and O–H groups in total. The van der Waals surface area contributed by atoms with Crippen molar-refractivity contribution in [2.45, 2.75) is 18.8 Å². The summed E-state index contributed by atoms with van der Waals surface area (Å²) in [5, 5.41) is 0. The van der Waals surface area contributed by atoms with Gasteiger partial charge in [-0.3, -0.25) is 9.78 Å². The Hall–Kier alpha value is -2.54. The molecule has 0 aliphatic carbocycles. The number of anilines is 1. The van der Waals surface area contributed by atoms with E-state index in [1.165, 1.54) is 0 Å². The maximum Gasteiger partial charge on any atom is 0.253 e. The van der Waals surface area contributed by atoms with Crippen LogP contribution in [-0.4, -0.2) is 65.2 Å². The van der Waals surface area contributed by atoms with Crippen LogP contribution in [0.2, 0.25) is 0 Å². The first kappa shape index (κ1) is 16.9. The quantitative estimate of drug-likeness (QED) is 0.837. The summed E-state index contributed by atoms with van der Waals surface area (Å²) in [5.74, 6) is 1.27. The zero-order valence-corrected chi connectivity index (χ0v) is 14.8. The van der Waals surface area contributed by atoms with E-state index in [9.17, 15) is 4.79 Å². The Bertz CT molecular complexity index is 749. The molecule has 0 aromatic carbocycles. The van der Waals surface area contributed by atoms with Gasteiger partial charge in [0.15, 0.2) is 0 Å². The monoisotopic (exact) mass is 353 g/mol. The molecule has 2 aliphatic rings. The first-order valence-corrected chi connectivity index (χ1v) is 9.15. The van der Waals surface area contributed by atoms with E-state index in [-0.39, 0.29) is 11.8 Å². The van der Waals surface area contributed by atoms with Crippen LogP contribution in [0.3, 0.4) is 0 Å². The molecule has 0 unspecified atom stereocenters. The Morgan fingerprint density at radius 3 is 2.73 bits per heavy atom. The van der Waals surface area contributed by atoms with Gasteiger partial charge in [0, 0.05) is 56.1 Å². The van der Waals surface area contributed by atoms with Crippen LogP contribution in [0.15, 0.2) is 36.9 Å². The van der Waals surface area contributed by atoms with Crippen LogP contribution in [0.5, 0.6) is 0 Å². The largest absolute Gasteiger partial charge is 0.378 e. The third-order valence-corrected chi connectivity index (χ3v) is 5.06. The van der Waals surface area contributed by atoms with E-state index in [2.05, 4.69) is 25.9 Å². The van der Waals surface area contributed by atoms with Crippen molar-refractivity contribution in [3.8, 4) is 0 Å². The number of ether oxygens (including phenoxy) is 1. The van der Waals surface area contributed by atoms with Crippen LogP contribution in [0, 0.1) is 0 Å². The Balaban J connectivity index is 1.48. The van der Waals surface area contributed by atoms with Gasteiger partial charge in [-0.25, -0.2) is 9.97 Å². The Kier molecular flexibility index (Phi) is 5.06. The molecule has 4 rings (SSSR count). The normalized spacial score (nSPS) is 20.8. The SMILES string of the molecule is O=C(c1ccncc1)N1CCC[C@H](c2cc(N3CCOCC3)ncn2)C1. The van der Waals surface area contributed by atoms with Gasteiger partial charge in [0.05, 0.1) is 18.9 Å². The molecule has 2 aliphatic heterocycles. The fraction of sp³-hybridized carbons (Fsp3) is 0.474. The molecule has 26 heavy (non-hydrogen) atoms. The number of hydrogen-bond donors (Lipinski definition) is 0. The Morgan fingerprint density at radius 1 is 1.12 bits per heavy atom. The number of rotatable bonds is 3. The molecule has 2 fully saturated rings. The Labute approximate surface area is 153 Å². The van der Waals surface area contributed by atoms with Gasteiger partial charge in [-0.05, 0) is 25.0 Å². The summed E-state index contributed by atoms with van der Waals surface area (Å²) in [4.78, 5) is 29.8. The number of morpholine rings is 1. The smallest absolute Gasteiger partial charge is 0.253 e. The molecule has 7 nitrogen and oxygen atoms in total. The lowest BCUT2D eigenvalue weighted by Crippen LogP contribution is -2.39. The molecule has 2 aromatic rings. The van der Waals surface area contributed by atoms with E-state index >= 15 is 0 Å². The summed E-state index contributed by atoms with van der Waals surface area (Å²) < 4.78 is 5.42. The Morgan fingerprint density at radius 2 is 1.92 bits per heavy atom. The van der Waals surface area contributed by atoms with Crippen molar-refractivity contribution in [3.63, 3.8) is 0 Å². The summed E-state index contributed by atoms with van der Waals surface area (Å²) in [7, 11) is 0. The fourth-order valence-corrected chi connectivity index (χ4v) is 3.63. The van der Waals surface area contributed by atoms with Crippen molar-refractivity contribution in [1.82, 2.24) is 19.9 Å². The second-order valence-corrected chi connectivity index (χ2v) is 6.73. The average Bonchev–Trinajstić information content (AvgIpc) is 2.75. The van der Waals surface area contributed by atoms with Gasteiger partial charge in [-0.1, -0.05) is 0 Å². The lowest BCUT2D eigenvalue weighted by Gasteiger charge is -2.33. The second kappa shape index (κ2) is 7.78. The molecule has 2 aromatic heterocycles. The molecular formula is C19H23N5O2. The van der Waals surface area contributed by atoms with E-state index < -0.39 is 0 Å². The number of likely N-dealkylation sites (tertiary alicyclic amines) is 1. The van der Waals surface area contributed by atoms with E-state index in [1.54, 1.807) is 30.9 Å². The van der Waals surface area contributed by atoms with Crippen molar-refractivity contribution in [2.24, 2.45) is 0 Å². The number of nitrogens with zero attached hydrogens (tertiary/aromatic N) is 5. The fourth-order valence-electron chi connectivity index (χ4n) is 3.63. The predicted molar refractivity (Wildman–Crippen MR) is 97.2 cm³/mol. The van der Waals surface area contributed by atoms with E-state index in [4.69, 9.17) is 4.74 Å². The molecule has 0 bridgehead atoms. The summed E-state index contributed by atoms with van der Waals surface area (Å²) >= 11 is 0. The highest BCUT2D eigenvalue weighted by molar-refractivity contribution is 5.94. The van der Waals surface area contributed by atoms with Gasteiger partial charge >= 0.3 is 0 Å². The highest BCUT2D eigenvalue weighted by atomic mass is 16.5. The minimum absolute atomic E-state index is 0.0690. The number of carbonyl (C=O) groups excluding carboxylic acids is 1. The van der Waals surface area contributed by atoms with E-state index in [0.717, 1.165) is 57.2 Å². The van der Waals surface area contributed by atoms with Crippen LogP contribution < -0.4 is 4.90 Å². The van der Waals surface area contributed by atoms with Crippen molar-refractivity contribution in [1.29, 1.82) is 0 Å². The zero-order chi connectivity index (χ0) is 17.8. The van der Waals surface area contributed by atoms with E-state index in [0.29, 0.717) is 12.1 Å². The number of aromatic nitrogens is 3. The van der Waals surface area contributed by atoms with Crippen molar-refractivity contribution < 1.29 is 9.53 Å². The molecule has 1 amide bonds. The number of piperidine rings is 1. The summed E-state index contributed by atoms with van der Waals surface area (Å²) in [6.07, 6.45) is 6.99. The standard InChI is InChI=1S/C19H23N5O2/c25-19(15-3-5-20-6-4-15)24-7-1-2-16(13-24)17-12-18(22-14-21-17)23-8-10-26-11-9-23/h3-6,12,14,16H,1-2,7-11,13H2/t16-/m0/s1. The molecule has 2 saturated heterocycles. The van der Waals surface area contributed by atoms with Gasteiger partial charge in [0.25, 0.3) is 5.91 Å². The molecule has 136 valence electrons. The number of carbonyl (C=O) groups is 1. The van der Waals surface area contributed by atoms with Crippen LogP contribution >= 0.6 is 0 Å². The maximum atomic E-state index is 12.7. The predicted octanol–water partition coefficient (Wildman–Crippen LogP) is 1.73. The second-order valence-electron chi connectivity index (χ2n) is 6.73. The minimum atomic E-state index is 0.0690. The zero-order valence-electron chi connectivity index (χ0n) is 14.8. The summed E-state index contributed by atoms with van der Waals surface area (Å²) in [5.41, 5.74) is 1.71. The third kappa shape index (κ3) is 3.67. The highest BCUT2D eigenvalue weighted by Gasteiger charge is 2.27. The first-order chi connectivity index (χ1) is 12.8. The molecule has 7 heteroatoms. The van der Waals surface area contributed by atoms with E-state index in [1.807, 2.05) is 4.90 Å². The lowest BCUT2D eigenvalue weighted by atomic mass is 9.94. The minimum Gasteiger partial charge on any atom is -0.378 e. The van der Waals surface area contributed by atoms with Gasteiger partial charge in [-0.2, -0.15) is 0 Å². The molecule has 4 heterocycles. The summed E-state index contributed by atoms with van der Waals surface area (Å²) in [6.45, 7) is 4.66. The van der Waals surface area contributed by atoms with Gasteiger partial charge in [-0.15, -0.1) is 0 Å². The van der Waals surface area contributed by atoms with Crippen molar-refractivity contribution in [2.75, 3.05) is 44.3 Å². The van der Waals surface area contributed by atoms with Gasteiger partial charge < -0.3 is 14.5 Å². The molecule has 0 saturated carbocycles. The van der Waals surface area contributed by atoms with Gasteiger partial charge in [0.2, 0.25) is 0 Å². The summed E-state index contributed by atoms with van der Waals surface area (Å²) in [6, 6.07) is 5.62. The van der Waals surface area contributed by atoms with Crippen LogP contribution in [0.1, 0.15) is 34.8 Å². The molecule has 0 radical (unpaired) electrons. The molecular weight excluding hydrogens is 330 g/mol. The van der Waals surface area contributed by atoms with Crippen molar-refractivity contribution in [3.05, 3.63) is 48.2 Å². The number of pyridine rings is 1. The maximum absolute atomic E-state index is 12.7. The van der Waals surface area contributed by atoms with Crippen LogP contribution in [0.4, 0.5) is 5.82 Å². The average molecular weight is 353 g/mol. The third-order valence-electron chi connectivity index (χ3n) is 5.06. The highest BCUT2D eigenvalue weighted by Crippen LogP contribution is 2.28. The van der Waals surface area contributed by atoms with Gasteiger partial charge in [0.1, 0.15) is 12.1 Å². The number of amides is 1.